The van der Waals surface area contributed by atoms with E-state index in [-0.39, 0.29) is 5.57 Å². The Morgan fingerprint density at radius 2 is 1.74 bits per heavy atom. The molecule has 1 N–H and O–H groups in total. The molecule has 0 radical (unpaired) electrons. The first kappa shape index (κ1) is 18.2. The number of methoxy groups -OCH3 is 1. The van der Waals surface area contributed by atoms with Crippen LogP contribution in [0.25, 0.3) is 6.08 Å². The number of hydrazine groups is 1. The van der Waals surface area contributed by atoms with Crippen molar-refractivity contribution in [2.75, 3.05) is 12.1 Å². The zero-order valence-corrected chi connectivity index (χ0v) is 14.8. The first-order valence-electron chi connectivity index (χ1n) is 8.26. The van der Waals surface area contributed by atoms with Crippen molar-refractivity contribution in [2.45, 2.75) is 13.0 Å². The van der Waals surface area contributed by atoms with Gasteiger partial charge in [0.25, 0.3) is 11.8 Å². The van der Waals surface area contributed by atoms with E-state index in [1.54, 1.807) is 55.5 Å². The van der Waals surface area contributed by atoms with Crippen LogP contribution in [-0.2, 0) is 19.1 Å². The molecule has 27 heavy (non-hydrogen) atoms. The van der Waals surface area contributed by atoms with E-state index in [0.717, 1.165) is 0 Å². The summed E-state index contributed by atoms with van der Waals surface area (Å²) in [7, 11) is 1.29. The van der Waals surface area contributed by atoms with Crippen LogP contribution in [0.15, 0.2) is 60.2 Å². The van der Waals surface area contributed by atoms with E-state index in [0.29, 0.717) is 17.0 Å². The third-order valence-corrected chi connectivity index (χ3v) is 3.94. The fraction of sp³-hybridized carbons (Fsp3) is 0.150. The number of para-hydroxylation sites is 1. The molecule has 1 fully saturated rings. The predicted octanol–water partition coefficient (Wildman–Crippen LogP) is 2.09. The quantitative estimate of drug-likeness (QED) is 0.498. The number of carbonyl (C=O) groups is 3. The Hall–Kier alpha value is -3.61. The molecule has 2 aromatic carbocycles. The highest BCUT2D eigenvalue weighted by atomic mass is 16.6. The number of anilines is 1. The Kier molecular flexibility index (Phi) is 5.21. The first-order valence-corrected chi connectivity index (χ1v) is 8.26. The summed E-state index contributed by atoms with van der Waals surface area (Å²) in [6, 6.07) is 15.5. The summed E-state index contributed by atoms with van der Waals surface area (Å²) in [5.74, 6) is -0.895. The van der Waals surface area contributed by atoms with Crippen LogP contribution in [0.2, 0.25) is 0 Å². The first-order chi connectivity index (χ1) is 13.0. The Morgan fingerprint density at radius 1 is 1.07 bits per heavy atom. The summed E-state index contributed by atoms with van der Waals surface area (Å²) in [5, 5.41) is 1.21. The minimum atomic E-state index is -0.735. The number of hydrogen-bond acceptors (Lipinski definition) is 5. The van der Waals surface area contributed by atoms with E-state index < -0.39 is 23.9 Å². The fourth-order valence-corrected chi connectivity index (χ4v) is 2.54. The largest absolute Gasteiger partial charge is 0.479 e. The average Bonchev–Trinajstić information content (AvgIpc) is 2.97. The number of amides is 2. The van der Waals surface area contributed by atoms with Crippen LogP contribution in [0.1, 0.15) is 12.5 Å². The van der Waals surface area contributed by atoms with E-state index in [1.807, 2.05) is 6.07 Å². The van der Waals surface area contributed by atoms with E-state index >= 15 is 0 Å². The molecule has 0 bridgehead atoms. The molecule has 0 aliphatic carbocycles. The maximum Gasteiger partial charge on any atom is 0.346 e. The average molecular weight is 366 g/mol. The third-order valence-electron chi connectivity index (χ3n) is 3.94. The Balaban J connectivity index is 1.75. The van der Waals surface area contributed by atoms with Crippen molar-refractivity contribution in [3.8, 4) is 5.75 Å². The van der Waals surface area contributed by atoms with Crippen molar-refractivity contribution in [2.24, 2.45) is 0 Å². The van der Waals surface area contributed by atoms with Crippen LogP contribution >= 0.6 is 0 Å². The number of nitrogens with one attached hydrogen (secondary N) is 1. The molecule has 2 amide bonds. The van der Waals surface area contributed by atoms with Gasteiger partial charge in [0.15, 0.2) is 6.10 Å². The molecule has 0 spiro atoms. The van der Waals surface area contributed by atoms with Crippen LogP contribution in [0.3, 0.4) is 0 Å². The van der Waals surface area contributed by atoms with Crippen molar-refractivity contribution >= 4 is 29.5 Å². The maximum atomic E-state index is 12.5. The molecule has 7 heteroatoms. The molecule has 1 heterocycles. The van der Waals surface area contributed by atoms with Gasteiger partial charge >= 0.3 is 5.97 Å². The summed E-state index contributed by atoms with van der Waals surface area (Å²) < 4.78 is 10.1. The topological polar surface area (TPSA) is 84.9 Å². The van der Waals surface area contributed by atoms with Crippen LogP contribution < -0.4 is 15.2 Å². The molecule has 138 valence electrons. The summed E-state index contributed by atoms with van der Waals surface area (Å²) in [4.78, 5) is 36.1. The van der Waals surface area contributed by atoms with Gasteiger partial charge in [0.2, 0.25) is 0 Å². The molecule has 0 saturated carbocycles. The molecule has 1 atom stereocenters. The Bertz CT molecular complexity index is 890. The van der Waals surface area contributed by atoms with E-state index in [4.69, 9.17) is 4.74 Å². The summed E-state index contributed by atoms with van der Waals surface area (Å²) in [5.41, 5.74) is 3.82. The van der Waals surface area contributed by atoms with Gasteiger partial charge in [-0.05, 0) is 42.8 Å². The molecule has 3 rings (SSSR count). The van der Waals surface area contributed by atoms with Crippen LogP contribution in [0.5, 0.6) is 5.75 Å². The van der Waals surface area contributed by atoms with Gasteiger partial charge in [-0.1, -0.05) is 30.3 Å². The highest BCUT2D eigenvalue weighted by Gasteiger charge is 2.34. The number of esters is 1. The van der Waals surface area contributed by atoms with Crippen molar-refractivity contribution in [3.63, 3.8) is 0 Å². The minimum Gasteiger partial charge on any atom is -0.479 e. The standard InChI is InChI=1S/C20H18N2O5/c1-13(20(25)26-2)27-16-10-8-14(9-11-16)12-17-18(23)21-22(19(17)24)15-6-4-3-5-7-15/h3-13H,1-2H3,(H,21,23). The second kappa shape index (κ2) is 7.74. The second-order valence-corrected chi connectivity index (χ2v) is 5.83. The molecule has 1 aliphatic rings. The highest BCUT2D eigenvalue weighted by molar-refractivity contribution is 6.31. The number of nitrogens with zero attached hydrogens (tertiary/aromatic N) is 1. The smallest absolute Gasteiger partial charge is 0.346 e. The highest BCUT2D eigenvalue weighted by Crippen LogP contribution is 2.22. The number of rotatable bonds is 5. The summed E-state index contributed by atoms with van der Waals surface area (Å²) in [6.45, 7) is 1.58. The summed E-state index contributed by atoms with van der Waals surface area (Å²) >= 11 is 0. The third kappa shape index (κ3) is 3.98. The molecular weight excluding hydrogens is 348 g/mol. The molecule has 1 aliphatic heterocycles. The molecule has 2 aromatic rings. The van der Waals surface area contributed by atoms with Gasteiger partial charge in [-0.15, -0.1) is 0 Å². The van der Waals surface area contributed by atoms with E-state index in [9.17, 15) is 14.4 Å². The van der Waals surface area contributed by atoms with Crippen LogP contribution in [-0.4, -0.2) is 31.0 Å². The monoisotopic (exact) mass is 366 g/mol. The number of ether oxygens (including phenoxy) is 2. The SMILES string of the molecule is COC(=O)C(C)Oc1ccc(C=C2C(=O)NN(c3ccccc3)C2=O)cc1. The normalized spacial score (nSPS) is 16.2. The zero-order valence-electron chi connectivity index (χ0n) is 14.8. The van der Waals surface area contributed by atoms with Gasteiger partial charge in [0.1, 0.15) is 11.3 Å². The van der Waals surface area contributed by atoms with Gasteiger partial charge in [0.05, 0.1) is 12.8 Å². The lowest BCUT2D eigenvalue weighted by Gasteiger charge is -2.13. The van der Waals surface area contributed by atoms with Crippen molar-refractivity contribution in [1.29, 1.82) is 0 Å². The summed E-state index contributed by atoms with van der Waals surface area (Å²) in [6.07, 6.45) is 0.773. The van der Waals surface area contributed by atoms with Gasteiger partial charge in [-0.2, -0.15) is 0 Å². The lowest BCUT2D eigenvalue weighted by atomic mass is 10.1. The number of carbonyl (C=O) groups excluding carboxylic acids is 3. The Labute approximate surface area is 156 Å². The van der Waals surface area contributed by atoms with E-state index in [2.05, 4.69) is 10.2 Å². The van der Waals surface area contributed by atoms with Gasteiger partial charge < -0.3 is 9.47 Å². The molecular formula is C20H18N2O5. The van der Waals surface area contributed by atoms with E-state index in [1.165, 1.54) is 18.2 Å². The molecule has 7 nitrogen and oxygen atoms in total. The van der Waals surface area contributed by atoms with Crippen LogP contribution in [0.4, 0.5) is 5.69 Å². The predicted molar refractivity (Wildman–Crippen MR) is 98.6 cm³/mol. The zero-order chi connectivity index (χ0) is 19.4. The number of benzene rings is 2. The van der Waals surface area contributed by atoms with Crippen molar-refractivity contribution in [3.05, 3.63) is 65.7 Å². The van der Waals surface area contributed by atoms with Gasteiger partial charge in [-0.25, -0.2) is 9.80 Å². The number of hydrogen-bond donors (Lipinski definition) is 1. The van der Waals surface area contributed by atoms with Crippen molar-refractivity contribution in [1.82, 2.24) is 5.43 Å². The van der Waals surface area contributed by atoms with Crippen LogP contribution in [0, 0.1) is 0 Å². The Morgan fingerprint density at radius 3 is 2.37 bits per heavy atom. The molecule has 0 aromatic heterocycles. The van der Waals surface area contributed by atoms with Gasteiger partial charge in [0, 0.05) is 0 Å². The van der Waals surface area contributed by atoms with Gasteiger partial charge in [-0.3, -0.25) is 15.0 Å². The second-order valence-electron chi connectivity index (χ2n) is 5.83. The molecule has 1 unspecified atom stereocenters. The van der Waals surface area contributed by atoms with Crippen molar-refractivity contribution < 1.29 is 23.9 Å². The lowest BCUT2D eigenvalue weighted by Crippen LogP contribution is -2.35. The molecule has 1 saturated heterocycles. The lowest BCUT2D eigenvalue weighted by molar-refractivity contribution is -0.147. The fourth-order valence-electron chi connectivity index (χ4n) is 2.54. The minimum absolute atomic E-state index is 0.0375. The maximum absolute atomic E-state index is 12.5.